The number of rotatable bonds is 5. The van der Waals surface area contributed by atoms with E-state index in [1.165, 1.54) is 24.8 Å². The van der Waals surface area contributed by atoms with Crippen molar-refractivity contribution >= 4 is 32.4 Å². The summed E-state index contributed by atoms with van der Waals surface area (Å²) >= 11 is 1.14. The van der Waals surface area contributed by atoms with Crippen LogP contribution in [0.25, 0.3) is 0 Å². The zero-order valence-electron chi connectivity index (χ0n) is 11.6. The molecule has 8 heteroatoms. The first-order valence-corrected chi connectivity index (χ1v) is 8.35. The highest BCUT2D eigenvalue weighted by atomic mass is 32.2. The molecule has 0 aliphatic heterocycles. The summed E-state index contributed by atoms with van der Waals surface area (Å²) in [7, 11) is 1.34. The number of anilines is 2. The van der Waals surface area contributed by atoms with Gasteiger partial charge in [-0.2, -0.15) is 4.37 Å². The van der Waals surface area contributed by atoms with Crippen molar-refractivity contribution in [3.63, 3.8) is 0 Å². The van der Waals surface area contributed by atoms with Crippen LogP contribution in [0.2, 0.25) is 0 Å². The molecule has 0 amide bonds. The van der Waals surface area contributed by atoms with E-state index in [1.807, 2.05) is 11.9 Å². The quantitative estimate of drug-likeness (QED) is 0.880. The lowest BCUT2D eigenvalue weighted by Gasteiger charge is -2.20. The Kier molecular flexibility index (Phi) is 3.76. The Bertz CT molecular complexity index is 567. The first-order chi connectivity index (χ1) is 8.75. The minimum Gasteiger partial charge on any atom is -0.382 e. The van der Waals surface area contributed by atoms with E-state index in [-0.39, 0.29) is 10.7 Å². The van der Waals surface area contributed by atoms with Gasteiger partial charge in [-0.3, -0.25) is 0 Å². The number of sulfonamides is 1. The molecule has 2 atom stereocenters. The van der Waals surface area contributed by atoms with Crippen LogP contribution in [0.15, 0.2) is 4.90 Å². The number of nitrogens with two attached hydrogens (primary N) is 1. The Labute approximate surface area is 118 Å². The molecule has 0 saturated heterocycles. The summed E-state index contributed by atoms with van der Waals surface area (Å²) in [6.45, 7) is 3.05. The maximum atomic E-state index is 12.3. The lowest BCUT2D eigenvalue weighted by molar-refractivity contribution is 0.521. The molecule has 2 N–H and O–H groups in total. The summed E-state index contributed by atoms with van der Waals surface area (Å²) in [5, 5.41) is 0.630. The first kappa shape index (κ1) is 14.5. The van der Waals surface area contributed by atoms with Gasteiger partial charge in [0.2, 0.25) is 10.0 Å². The molecule has 1 saturated carbocycles. The van der Waals surface area contributed by atoms with Crippen LogP contribution in [0, 0.1) is 11.8 Å². The Morgan fingerprint density at radius 1 is 1.42 bits per heavy atom. The van der Waals surface area contributed by atoms with Crippen LogP contribution in [-0.2, 0) is 10.0 Å². The van der Waals surface area contributed by atoms with Crippen molar-refractivity contribution in [2.24, 2.45) is 11.8 Å². The fraction of sp³-hybridized carbons (Fsp3) is 0.727. The largest absolute Gasteiger partial charge is 0.382 e. The molecule has 6 nitrogen and oxygen atoms in total. The molecule has 0 radical (unpaired) electrons. The van der Waals surface area contributed by atoms with Crippen molar-refractivity contribution in [1.29, 1.82) is 0 Å². The van der Waals surface area contributed by atoms with Crippen molar-refractivity contribution < 1.29 is 8.42 Å². The molecule has 108 valence electrons. The van der Waals surface area contributed by atoms with Gasteiger partial charge in [0.25, 0.3) is 0 Å². The van der Waals surface area contributed by atoms with E-state index in [1.54, 1.807) is 0 Å². The second-order valence-corrected chi connectivity index (χ2v) is 8.18. The van der Waals surface area contributed by atoms with Gasteiger partial charge >= 0.3 is 0 Å². The van der Waals surface area contributed by atoms with Gasteiger partial charge in [0.1, 0.15) is 5.00 Å². The minimum absolute atomic E-state index is 0.0874. The molecule has 2 unspecified atom stereocenters. The summed E-state index contributed by atoms with van der Waals surface area (Å²) in [5.41, 5.74) is 5.74. The fourth-order valence-electron chi connectivity index (χ4n) is 2.04. The van der Waals surface area contributed by atoms with Crippen molar-refractivity contribution in [3.8, 4) is 0 Å². The van der Waals surface area contributed by atoms with Crippen LogP contribution in [0.4, 0.5) is 10.8 Å². The Morgan fingerprint density at radius 2 is 2.00 bits per heavy atom. The van der Waals surface area contributed by atoms with Gasteiger partial charge in [0.15, 0.2) is 10.7 Å². The minimum atomic E-state index is -3.55. The summed E-state index contributed by atoms with van der Waals surface area (Å²) in [6.07, 6.45) is 1.20. The summed E-state index contributed by atoms with van der Waals surface area (Å²) in [4.78, 5) is 2.09. The van der Waals surface area contributed by atoms with Crippen LogP contribution in [0.1, 0.15) is 13.3 Å². The predicted octanol–water partition coefficient (Wildman–Crippen LogP) is 1.07. The molecule has 1 aromatic heterocycles. The normalized spacial score (nSPS) is 22.8. The van der Waals surface area contributed by atoms with Crippen molar-refractivity contribution in [1.82, 2.24) is 8.68 Å². The van der Waals surface area contributed by atoms with Crippen LogP contribution in [0.5, 0.6) is 0 Å². The zero-order chi connectivity index (χ0) is 14.4. The van der Waals surface area contributed by atoms with E-state index in [2.05, 4.69) is 11.3 Å². The summed E-state index contributed by atoms with van der Waals surface area (Å²) in [6, 6.07) is 0. The maximum absolute atomic E-state index is 12.3. The van der Waals surface area contributed by atoms with Crippen LogP contribution < -0.4 is 10.6 Å². The van der Waals surface area contributed by atoms with Crippen molar-refractivity contribution in [3.05, 3.63) is 0 Å². The molecule has 1 heterocycles. The van der Waals surface area contributed by atoms with Crippen LogP contribution in [0.3, 0.4) is 0 Å². The van der Waals surface area contributed by atoms with Gasteiger partial charge in [-0.15, -0.1) is 0 Å². The topological polar surface area (TPSA) is 79.5 Å². The van der Waals surface area contributed by atoms with E-state index < -0.39 is 10.0 Å². The highest BCUT2D eigenvalue weighted by Crippen LogP contribution is 2.41. The average molecular weight is 304 g/mol. The molecule has 0 spiro atoms. The second kappa shape index (κ2) is 4.92. The average Bonchev–Trinajstić information content (AvgIpc) is 2.84. The maximum Gasteiger partial charge on any atom is 0.249 e. The summed E-state index contributed by atoms with van der Waals surface area (Å²) < 4.78 is 29.8. The summed E-state index contributed by atoms with van der Waals surface area (Å²) in [5.74, 6) is 1.45. The van der Waals surface area contributed by atoms with Crippen molar-refractivity contribution in [2.45, 2.75) is 18.2 Å². The van der Waals surface area contributed by atoms with Gasteiger partial charge in [-0.1, -0.05) is 6.92 Å². The third-order valence-corrected chi connectivity index (χ3v) is 6.51. The van der Waals surface area contributed by atoms with Crippen LogP contribution >= 0.6 is 11.5 Å². The number of aromatic nitrogens is 1. The van der Waals surface area contributed by atoms with Gasteiger partial charge in [0, 0.05) is 27.7 Å². The van der Waals surface area contributed by atoms with Crippen LogP contribution in [-0.4, -0.2) is 44.8 Å². The Morgan fingerprint density at radius 3 is 2.47 bits per heavy atom. The molecule has 1 aliphatic rings. The highest BCUT2D eigenvalue weighted by Gasteiger charge is 2.35. The highest BCUT2D eigenvalue weighted by molar-refractivity contribution is 7.89. The van der Waals surface area contributed by atoms with Gasteiger partial charge in [-0.25, -0.2) is 12.7 Å². The molecule has 0 bridgehead atoms. The standard InChI is InChI=1S/C11H20N4O2S2/c1-7-5-8(7)6-15(4)11-9(10(12)13-18-11)19(16,17)14(2)3/h7-8H,5-6H2,1-4H3,(H2,12,13). The number of hydrogen-bond acceptors (Lipinski definition) is 6. The van der Waals surface area contributed by atoms with E-state index in [0.29, 0.717) is 10.9 Å². The van der Waals surface area contributed by atoms with Gasteiger partial charge in [0.05, 0.1) is 0 Å². The SMILES string of the molecule is CC1CC1CN(C)c1snc(N)c1S(=O)(=O)N(C)C. The second-order valence-electron chi connectivity index (χ2n) is 5.34. The lowest BCUT2D eigenvalue weighted by atomic mass is 10.3. The van der Waals surface area contributed by atoms with E-state index in [0.717, 1.165) is 24.0 Å². The molecule has 2 rings (SSSR count). The fourth-order valence-corrected chi connectivity index (χ4v) is 4.26. The monoisotopic (exact) mass is 304 g/mol. The molecular weight excluding hydrogens is 284 g/mol. The van der Waals surface area contributed by atoms with Gasteiger partial charge in [-0.05, 0) is 29.8 Å². The zero-order valence-corrected chi connectivity index (χ0v) is 13.3. The van der Waals surface area contributed by atoms with E-state index in [9.17, 15) is 8.42 Å². The molecule has 1 aromatic rings. The molecule has 1 fully saturated rings. The number of nitrogen functional groups attached to an aromatic ring is 1. The molecule has 1 aliphatic carbocycles. The van der Waals surface area contributed by atoms with Gasteiger partial charge < -0.3 is 10.6 Å². The first-order valence-electron chi connectivity index (χ1n) is 6.14. The lowest BCUT2D eigenvalue weighted by Crippen LogP contribution is -2.26. The third-order valence-electron chi connectivity index (χ3n) is 3.53. The van der Waals surface area contributed by atoms with E-state index in [4.69, 9.17) is 5.73 Å². The van der Waals surface area contributed by atoms with E-state index >= 15 is 0 Å². The molecular formula is C11H20N4O2S2. The Balaban J connectivity index is 2.32. The predicted molar refractivity (Wildman–Crippen MR) is 77.9 cm³/mol. The third kappa shape index (κ3) is 2.70. The Hall–Kier alpha value is -0.860. The molecule has 19 heavy (non-hydrogen) atoms. The van der Waals surface area contributed by atoms with Crippen molar-refractivity contribution in [2.75, 3.05) is 38.3 Å². The number of hydrogen-bond donors (Lipinski definition) is 1. The smallest absolute Gasteiger partial charge is 0.249 e. The molecule has 0 aromatic carbocycles. The number of nitrogens with zero attached hydrogens (tertiary/aromatic N) is 3.